The van der Waals surface area contributed by atoms with E-state index in [1.807, 2.05) is 18.2 Å². The maximum atomic E-state index is 13.9. The highest BCUT2D eigenvalue weighted by Gasteiger charge is 2.20. The molecule has 2 aromatic carbocycles. The van der Waals surface area contributed by atoms with E-state index in [2.05, 4.69) is 21.2 Å². The van der Waals surface area contributed by atoms with Crippen molar-refractivity contribution in [1.82, 2.24) is 5.32 Å². The molecule has 0 radical (unpaired) electrons. The van der Waals surface area contributed by atoms with Crippen molar-refractivity contribution in [3.8, 4) is 11.1 Å². The molecule has 0 unspecified atom stereocenters. The Morgan fingerprint density at radius 2 is 1.95 bits per heavy atom. The quantitative estimate of drug-likeness (QED) is 0.799. The number of hydrogen-bond donors (Lipinski definition) is 1. The first-order valence-corrected chi connectivity index (χ1v) is 7.78. The first-order chi connectivity index (χ1) is 9.63. The summed E-state index contributed by atoms with van der Waals surface area (Å²) in [5, 5.41) is 4.02. The van der Waals surface area contributed by atoms with Crippen LogP contribution in [0.15, 0.2) is 40.9 Å². The van der Waals surface area contributed by atoms with Crippen molar-refractivity contribution in [2.24, 2.45) is 0 Å². The van der Waals surface area contributed by atoms with Crippen LogP contribution in [-0.4, -0.2) is 6.04 Å². The average molecular weight is 355 g/mol. The Morgan fingerprint density at radius 3 is 2.65 bits per heavy atom. The molecular formula is C16H14BrClFN. The molecule has 0 spiro atoms. The largest absolute Gasteiger partial charge is 0.310 e. The molecule has 1 aliphatic carbocycles. The fourth-order valence-electron chi connectivity index (χ4n) is 2.14. The zero-order chi connectivity index (χ0) is 14.1. The molecule has 4 heteroatoms. The van der Waals surface area contributed by atoms with Crippen LogP contribution in [0.2, 0.25) is 5.02 Å². The van der Waals surface area contributed by atoms with Crippen molar-refractivity contribution < 1.29 is 4.39 Å². The fraction of sp³-hybridized carbons (Fsp3) is 0.250. The smallest absolute Gasteiger partial charge is 0.131 e. The molecule has 0 atom stereocenters. The van der Waals surface area contributed by atoms with Crippen LogP contribution >= 0.6 is 27.5 Å². The average Bonchev–Trinajstić information content (AvgIpc) is 3.24. The van der Waals surface area contributed by atoms with Crippen LogP contribution in [-0.2, 0) is 6.54 Å². The van der Waals surface area contributed by atoms with E-state index in [9.17, 15) is 4.39 Å². The van der Waals surface area contributed by atoms with Crippen LogP contribution in [0.3, 0.4) is 0 Å². The fourth-order valence-corrected chi connectivity index (χ4v) is 2.81. The summed E-state index contributed by atoms with van der Waals surface area (Å²) in [6.45, 7) is 0.811. The predicted octanol–water partition coefficient (Wildman–Crippen LogP) is 5.16. The topological polar surface area (TPSA) is 12.0 Å². The molecule has 1 aliphatic rings. The summed E-state index contributed by atoms with van der Waals surface area (Å²) in [6.07, 6.45) is 2.52. The first kappa shape index (κ1) is 14.1. The normalized spacial score (nSPS) is 14.6. The van der Waals surface area contributed by atoms with Crippen LogP contribution < -0.4 is 5.32 Å². The van der Waals surface area contributed by atoms with Gasteiger partial charge in [-0.25, -0.2) is 4.39 Å². The molecular weight excluding hydrogens is 341 g/mol. The summed E-state index contributed by atoms with van der Waals surface area (Å²) < 4.78 is 14.7. The third-order valence-corrected chi connectivity index (χ3v) is 4.23. The van der Waals surface area contributed by atoms with Gasteiger partial charge in [0.25, 0.3) is 0 Å². The summed E-state index contributed by atoms with van der Waals surface area (Å²) >= 11 is 9.67. The van der Waals surface area contributed by atoms with Crippen molar-refractivity contribution in [2.45, 2.75) is 25.4 Å². The molecule has 0 amide bonds. The summed E-state index contributed by atoms with van der Waals surface area (Å²) in [6, 6.07) is 11.3. The lowest BCUT2D eigenvalue weighted by atomic mass is 10.0. The molecule has 0 bridgehead atoms. The molecule has 104 valence electrons. The number of rotatable bonds is 4. The van der Waals surface area contributed by atoms with Crippen molar-refractivity contribution in [3.63, 3.8) is 0 Å². The van der Waals surface area contributed by atoms with Gasteiger partial charge in [0.05, 0.1) is 0 Å². The SMILES string of the molecule is Fc1ccc(Br)cc1-c1ccc(CNC2CC2)cc1Cl. The second-order valence-electron chi connectivity index (χ2n) is 5.09. The van der Waals surface area contributed by atoms with Crippen molar-refractivity contribution in [3.05, 3.63) is 57.3 Å². The molecule has 3 rings (SSSR count). The molecule has 1 saturated carbocycles. The second kappa shape index (κ2) is 5.84. The standard InChI is InChI=1S/C16H14BrClFN/c17-11-2-6-16(19)14(8-11)13-5-1-10(7-15(13)18)9-20-12-3-4-12/h1-2,5-8,12,20H,3-4,9H2. The van der Waals surface area contributed by atoms with Crippen molar-refractivity contribution in [1.29, 1.82) is 0 Å². The first-order valence-electron chi connectivity index (χ1n) is 6.61. The van der Waals surface area contributed by atoms with Gasteiger partial charge in [-0.1, -0.05) is 39.7 Å². The maximum absolute atomic E-state index is 13.9. The minimum Gasteiger partial charge on any atom is -0.310 e. The Labute approximate surface area is 131 Å². The van der Waals surface area contributed by atoms with E-state index in [-0.39, 0.29) is 5.82 Å². The van der Waals surface area contributed by atoms with E-state index in [1.54, 1.807) is 12.1 Å². The highest BCUT2D eigenvalue weighted by atomic mass is 79.9. The van der Waals surface area contributed by atoms with Gasteiger partial charge in [-0.2, -0.15) is 0 Å². The Kier molecular flexibility index (Phi) is 4.11. The zero-order valence-corrected chi connectivity index (χ0v) is 13.1. The van der Waals surface area contributed by atoms with Crippen LogP contribution in [0.4, 0.5) is 4.39 Å². The van der Waals surface area contributed by atoms with Gasteiger partial charge in [-0.15, -0.1) is 0 Å². The van der Waals surface area contributed by atoms with Crippen molar-refractivity contribution >= 4 is 27.5 Å². The highest BCUT2D eigenvalue weighted by molar-refractivity contribution is 9.10. The lowest BCUT2D eigenvalue weighted by molar-refractivity contribution is 0.631. The minimum atomic E-state index is -0.265. The Hall–Kier alpha value is -0.900. The van der Waals surface area contributed by atoms with Gasteiger partial charge in [0.15, 0.2) is 0 Å². The van der Waals surface area contributed by atoms with Gasteiger partial charge >= 0.3 is 0 Å². The van der Waals surface area contributed by atoms with Gasteiger partial charge in [0.1, 0.15) is 5.82 Å². The monoisotopic (exact) mass is 353 g/mol. The minimum absolute atomic E-state index is 0.265. The molecule has 1 N–H and O–H groups in total. The van der Waals surface area contributed by atoms with Crippen LogP contribution in [0, 0.1) is 5.82 Å². The molecule has 1 fully saturated rings. The van der Waals surface area contributed by atoms with Gasteiger partial charge in [-0.3, -0.25) is 0 Å². The number of nitrogens with one attached hydrogen (secondary N) is 1. The summed E-state index contributed by atoms with van der Waals surface area (Å²) in [5.74, 6) is -0.265. The number of hydrogen-bond acceptors (Lipinski definition) is 1. The summed E-state index contributed by atoms with van der Waals surface area (Å²) in [7, 11) is 0. The van der Waals surface area contributed by atoms with E-state index < -0.39 is 0 Å². The van der Waals surface area contributed by atoms with Gasteiger partial charge < -0.3 is 5.32 Å². The van der Waals surface area contributed by atoms with E-state index in [0.29, 0.717) is 16.6 Å². The number of benzene rings is 2. The summed E-state index contributed by atoms with van der Waals surface area (Å²) in [4.78, 5) is 0. The number of halogens is 3. The van der Waals surface area contributed by atoms with Crippen LogP contribution in [0.1, 0.15) is 18.4 Å². The Balaban J connectivity index is 1.87. The third kappa shape index (κ3) is 3.22. The van der Waals surface area contributed by atoms with E-state index in [1.165, 1.54) is 18.9 Å². The lowest BCUT2D eigenvalue weighted by Crippen LogP contribution is -2.15. The Morgan fingerprint density at radius 1 is 1.15 bits per heavy atom. The van der Waals surface area contributed by atoms with Gasteiger partial charge in [-0.05, 0) is 42.7 Å². The third-order valence-electron chi connectivity index (χ3n) is 3.42. The van der Waals surface area contributed by atoms with E-state index >= 15 is 0 Å². The molecule has 0 heterocycles. The van der Waals surface area contributed by atoms with Crippen LogP contribution in [0.25, 0.3) is 11.1 Å². The van der Waals surface area contributed by atoms with Gasteiger partial charge in [0.2, 0.25) is 0 Å². The van der Waals surface area contributed by atoms with Gasteiger partial charge in [0, 0.05) is 33.2 Å². The van der Waals surface area contributed by atoms with Crippen molar-refractivity contribution in [2.75, 3.05) is 0 Å². The Bertz CT molecular complexity index is 640. The van der Waals surface area contributed by atoms with Crippen LogP contribution in [0.5, 0.6) is 0 Å². The second-order valence-corrected chi connectivity index (χ2v) is 6.42. The maximum Gasteiger partial charge on any atom is 0.131 e. The molecule has 0 saturated heterocycles. The molecule has 1 nitrogen and oxygen atoms in total. The predicted molar refractivity (Wildman–Crippen MR) is 84.4 cm³/mol. The lowest BCUT2D eigenvalue weighted by Gasteiger charge is -2.09. The summed E-state index contributed by atoms with van der Waals surface area (Å²) in [5.41, 5.74) is 2.37. The zero-order valence-electron chi connectivity index (χ0n) is 10.8. The van der Waals surface area contributed by atoms with E-state index in [0.717, 1.165) is 22.1 Å². The molecule has 2 aromatic rings. The molecule has 0 aliphatic heterocycles. The molecule has 0 aromatic heterocycles. The highest BCUT2D eigenvalue weighted by Crippen LogP contribution is 2.32. The molecule has 20 heavy (non-hydrogen) atoms. The van der Waals surface area contributed by atoms with E-state index in [4.69, 9.17) is 11.6 Å².